The molecule has 1 aromatic carbocycles. The maximum Gasteiger partial charge on any atom is 0.434 e. The van der Waals surface area contributed by atoms with Gasteiger partial charge in [0.1, 0.15) is 17.4 Å². The van der Waals surface area contributed by atoms with Crippen LogP contribution in [0.4, 0.5) is 0 Å². The van der Waals surface area contributed by atoms with Gasteiger partial charge in [-0.1, -0.05) is 18.3 Å². The average Bonchev–Trinajstić information content (AvgIpc) is 3.32. The zero-order chi connectivity index (χ0) is 20.5. The van der Waals surface area contributed by atoms with Gasteiger partial charge in [-0.05, 0) is 24.0 Å². The third-order valence-corrected chi connectivity index (χ3v) is 6.31. The molecule has 0 unspecified atom stereocenters. The highest BCUT2D eigenvalue weighted by Crippen LogP contribution is 2.63. The number of benzene rings is 1. The van der Waals surface area contributed by atoms with Crippen LogP contribution in [0.1, 0.15) is 34.7 Å². The number of amides is 1. The number of nitrogens with one attached hydrogen (secondary N) is 1. The van der Waals surface area contributed by atoms with Gasteiger partial charge < -0.3 is 39.9 Å². The first kappa shape index (κ1) is 18.7. The first-order valence-electron chi connectivity index (χ1n) is 9.80. The lowest BCUT2D eigenvalue weighted by molar-refractivity contribution is -0.142. The molecular formula is C18H22BN2O8-. The number of carbonyl (C=O) groups excluding carboxylic acids is 1. The number of carboxylic acids is 1. The molecule has 0 radical (unpaired) electrons. The fraction of sp³-hybridized carbons (Fsp3) is 0.556. The molecule has 10 nitrogen and oxygen atoms in total. The number of aromatic carboxylic acids is 1. The van der Waals surface area contributed by atoms with Gasteiger partial charge in [0.15, 0.2) is 0 Å². The molecule has 3 aliphatic heterocycles. The van der Waals surface area contributed by atoms with Crippen molar-refractivity contribution in [1.82, 2.24) is 10.2 Å². The minimum Gasteiger partial charge on any atom is -0.669 e. The number of nitrogens with zero attached hydrogens (tertiary/aromatic N) is 1. The fourth-order valence-corrected chi connectivity index (χ4v) is 4.61. The molecule has 2 saturated heterocycles. The van der Waals surface area contributed by atoms with Crippen LogP contribution in [0.2, 0.25) is 5.82 Å². The number of hydrogen-bond acceptors (Lipinski definition) is 8. The molecular weight excluding hydrogens is 383 g/mol. The molecule has 3 heterocycles. The number of β-amino-alcohol motifs (C(OH)–C–C–N with tert-alkyl or cyclic N) is 1. The van der Waals surface area contributed by atoms with Gasteiger partial charge in [0.05, 0.1) is 31.0 Å². The number of likely N-dealkylation sites (tertiary alicyclic amines) is 1. The van der Waals surface area contributed by atoms with Gasteiger partial charge in [-0.25, -0.2) is 4.79 Å². The van der Waals surface area contributed by atoms with Gasteiger partial charge in [0, 0.05) is 6.54 Å². The number of ether oxygens (including phenoxy) is 1. The van der Waals surface area contributed by atoms with Crippen LogP contribution in [0, 0.1) is 0 Å². The van der Waals surface area contributed by atoms with Crippen LogP contribution in [-0.4, -0.2) is 81.7 Å². The van der Waals surface area contributed by atoms with Gasteiger partial charge in [-0.15, -0.1) is 0 Å². The molecule has 1 amide bonds. The molecule has 1 aromatic rings. The topological polar surface area (TPSA) is 149 Å². The molecule has 4 aliphatic rings. The summed E-state index contributed by atoms with van der Waals surface area (Å²) in [6, 6.07) is 2.86. The second-order valence-corrected chi connectivity index (χ2v) is 8.38. The van der Waals surface area contributed by atoms with Crippen molar-refractivity contribution >= 4 is 18.6 Å². The third kappa shape index (κ3) is 3.05. The van der Waals surface area contributed by atoms with Crippen LogP contribution < -0.4 is 14.7 Å². The molecule has 5 N–H and O–H groups in total. The van der Waals surface area contributed by atoms with E-state index in [0.29, 0.717) is 38.0 Å². The van der Waals surface area contributed by atoms with Crippen molar-refractivity contribution in [3.8, 4) is 11.5 Å². The molecule has 3 fully saturated rings. The number of aliphatic hydroxyl groups excluding tert-OH is 1. The van der Waals surface area contributed by atoms with E-state index in [0.717, 1.165) is 0 Å². The Kier molecular flexibility index (Phi) is 4.08. The van der Waals surface area contributed by atoms with E-state index in [1.54, 1.807) is 17.0 Å². The lowest BCUT2D eigenvalue weighted by atomic mass is 9.68. The summed E-state index contributed by atoms with van der Waals surface area (Å²) < 4.78 is 11.1. The molecule has 4 atom stereocenters. The van der Waals surface area contributed by atoms with Crippen molar-refractivity contribution in [3.05, 3.63) is 23.3 Å². The number of fused-ring (bicyclic) bond motifs is 3. The van der Waals surface area contributed by atoms with E-state index in [4.69, 9.17) is 9.39 Å². The number of aliphatic hydroxyl groups is 1. The smallest absolute Gasteiger partial charge is 0.434 e. The molecule has 11 heteroatoms. The molecule has 156 valence electrons. The summed E-state index contributed by atoms with van der Waals surface area (Å²) in [4.78, 5) is 25.9. The van der Waals surface area contributed by atoms with Crippen molar-refractivity contribution in [1.29, 1.82) is 0 Å². The Bertz CT molecular complexity index is 887. The van der Waals surface area contributed by atoms with Crippen LogP contribution in [0.5, 0.6) is 11.5 Å². The first-order valence-corrected chi connectivity index (χ1v) is 9.80. The Morgan fingerprint density at radius 1 is 1.24 bits per heavy atom. The maximum atomic E-state index is 12.4. The minimum atomic E-state index is -3.09. The highest BCUT2D eigenvalue weighted by molar-refractivity contribution is 6.62. The van der Waals surface area contributed by atoms with Gasteiger partial charge in [-0.3, -0.25) is 4.79 Å². The summed E-state index contributed by atoms with van der Waals surface area (Å²) in [5, 5.41) is 42.4. The molecule has 5 rings (SSSR count). The summed E-state index contributed by atoms with van der Waals surface area (Å²) in [6.07, 6.45) is 0.0178. The van der Waals surface area contributed by atoms with Crippen molar-refractivity contribution in [2.24, 2.45) is 0 Å². The Balaban J connectivity index is 1.30. The molecule has 0 spiro atoms. The van der Waals surface area contributed by atoms with Crippen molar-refractivity contribution in [2.45, 2.75) is 42.8 Å². The summed E-state index contributed by atoms with van der Waals surface area (Å²) in [5.41, 5.74) is 0.421. The lowest BCUT2D eigenvalue weighted by Gasteiger charge is -2.41. The normalized spacial score (nSPS) is 31.9. The monoisotopic (exact) mass is 405 g/mol. The Morgan fingerprint density at radius 3 is 2.66 bits per heavy atom. The minimum absolute atomic E-state index is 0.0462. The third-order valence-electron chi connectivity index (χ3n) is 6.31. The number of carbonyl (C=O) groups is 2. The highest BCUT2D eigenvalue weighted by Gasteiger charge is 2.55. The molecule has 1 aliphatic carbocycles. The van der Waals surface area contributed by atoms with Gasteiger partial charge in [-0.2, -0.15) is 0 Å². The summed E-state index contributed by atoms with van der Waals surface area (Å²) in [7, 11) is 0. The Morgan fingerprint density at radius 2 is 2.00 bits per heavy atom. The predicted molar refractivity (Wildman–Crippen MR) is 98.7 cm³/mol. The van der Waals surface area contributed by atoms with E-state index in [9.17, 15) is 29.9 Å². The Labute approximate surface area is 166 Å². The SMILES string of the molecule is O=C(O)c1c(OC2CN(C(=O)[C@H]3C[C@H](O)CN3)C2)ccc2c1O[B-](O)(O)[C@H]1C[C@@H]21. The molecule has 29 heavy (non-hydrogen) atoms. The quantitative estimate of drug-likeness (QED) is 0.393. The average molecular weight is 405 g/mol. The van der Waals surface area contributed by atoms with E-state index < -0.39 is 30.7 Å². The van der Waals surface area contributed by atoms with E-state index >= 15 is 0 Å². The maximum absolute atomic E-state index is 12.4. The van der Waals surface area contributed by atoms with Gasteiger partial charge in [0.2, 0.25) is 5.91 Å². The van der Waals surface area contributed by atoms with Gasteiger partial charge in [0.25, 0.3) is 0 Å². The Hall–Kier alpha value is -2.34. The summed E-state index contributed by atoms with van der Waals surface area (Å²) in [5.74, 6) is -1.87. The van der Waals surface area contributed by atoms with E-state index in [1.807, 2.05) is 0 Å². The van der Waals surface area contributed by atoms with Crippen molar-refractivity contribution < 1.29 is 39.2 Å². The van der Waals surface area contributed by atoms with E-state index in [2.05, 4.69) is 5.32 Å². The van der Waals surface area contributed by atoms with E-state index in [1.165, 1.54) is 0 Å². The van der Waals surface area contributed by atoms with Crippen LogP contribution in [0.3, 0.4) is 0 Å². The fourth-order valence-electron chi connectivity index (χ4n) is 4.61. The number of hydrogen-bond donors (Lipinski definition) is 5. The standard InChI is InChI=1S/C18H22BN2O8/c22-8-3-13(20-5-8)17(23)21-6-9(7-21)28-14-2-1-10-11-4-12(11)19(26,27)29-16(10)15(14)18(24)25/h1-2,8-9,11-13,20,22,26-27H,3-7H2,(H,24,25)/q-1/t8-,11-,12-,13+/m0/s1. The van der Waals surface area contributed by atoms with Gasteiger partial charge >= 0.3 is 12.7 Å². The van der Waals surface area contributed by atoms with Crippen LogP contribution in [0.15, 0.2) is 12.1 Å². The summed E-state index contributed by atoms with van der Waals surface area (Å²) in [6.45, 7) is -2.09. The molecule has 1 saturated carbocycles. The molecule has 0 aromatic heterocycles. The van der Waals surface area contributed by atoms with E-state index in [-0.39, 0.29) is 35.0 Å². The van der Waals surface area contributed by atoms with Crippen molar-refractivity contribution in [2.75, 3.05) is 19.6 Å². The molecule has 0 bridgehead atoms. The van der Waals surface area contributed by atoms with Crippen LogP contribution in [0.25, 0.3) is 0 Å². The predicted octanol–water partition coefficient (Wildman–Crippen LogP) is -1.13. The number of rotatable bonds is 4. The zero-order valence-corrected chi connectivity index (χ0v) is 15.5. The van der Waals surface area contributed by atoms with Crippen LogP contribution >= 0.6 is 0 Å². The summed E-state index contributed by atoms with van der Waals surface area (Å²) >= 11 is 0. The lowest BCUT2D eigenvalue weighted by Crippen LogP contribution is -2.59. The second-order valence-electron chi connectivity index (χ2n) is 8.38. The zero-order valence-electron chi connectivity index (χ0n) is 15.5. The second kappa shape index (κ2) is 6.33. The first-order chi connectivity index (χ1) is 13.7. The largest absolute Gasteiger partial charge is 0.669 e. The highest BCUT2D eigenvalue weighted by atomic mass is 16.6. The van der Waals surface area contributed by atoms with Crippen molar-refractivity contribution in [3.63, 3.8) is 0 Å². The van der Waals surface area contributed by atoms with Crippen LogP contribution in [-0.2, 0) is 4.79 Å². The number of carboxylic acid groups (broad SMARTS) is 1.